The lowest BCUT2D eigenvalue weighted by atomic mass is 10.3. The van der Waals surface area contributed by atoms with Crippen molar-refractivity contribution in [2.24, 2.45) is 0 Å². The van der Waals surface area contributed by atoms with Gasteiger partial charge < -0.3 is 10.1 Å². The molecule has 0 aromatic heterocycles. The lowest BCUT2D eigenvalue weighted by Crippen LogP contribution is -2.36. The molecule has 1 amide bonds. The Kier molecular flexibility index (Phi) is 5.12. The summed E-state index contributed by atoms with van der Waals surface area (Å²) in [5, 5.41) is 3.28. The third-order valence-electron chi connectivity index (χ3n) is 2.06. The molecule has 0 aliphatic heterocycles. The molecule has 1 aromatic rings. The van der Waals surface area contributed by atoms with Gasteiger partial charge >= 0.3 is 0 Å². The molecule has 4 heteroatoms. The standard InChI is InChI=1S/C12H16ClNO2/c1-3-8-14-12(15)9(2)16-11-7-5-4-6-10(11)13/h4-7,9H,3,8H2,1-2H3,(H,14,15). The van der Waals surface area contributed by atoms with Crippen LogP contribution in [0.15, 0.2) is 24.3 Å². The monoisotopic (exact) mass is 241 g/mol. The smallest absolute Gasteiger partial charge is 0.260 e. The summed E-state index contributed by atoms with van der Waals surface area (Å²) in [6.07, 6.45) is 0.372. The van der Waals surface area contributed by atoms with E-state index in [0.29, 0.717) is 17.3 Å². The number of amides is 1. The minimum Gasteiger partial charge on any atom is -0.479 e. The van der Waals surface area contributed by atoms with Gasteiger partial charge in [0.05, 0.1) is 5.02 Å². The summed E-state index contributed by atoms with van der Waals surface area (Å²) >= 11 is 5.92. The van der Waals surface area contributed by atoms with E-state index in [1.165, 1.54) is 0 Å². The van der Waals surface area contributed by atoms with Crippen molar-refractivity contribution >= 4 is 17.5 Å². The molecule has 1 atom stereocenters. The zero-order valence-corrected chi connectivity index (χ0v) is 10.3. The van der Waals surface area contributed by atoms with Crippen LogP contribution in [0.1, 0.15) is 20.3 Å². The molecule has 0 aliphatic rings. The lowest BCUT2D eigenvalue weighted by Gasteiger charge is -2.15. The van der Waals surface area contributed by atoms with E-state index in [-0.39, 0.29) is 5.91 Å². The van der Waals surface area contributed by atoms with E-state index in [0.717, 1.165) is 6.42 Å². The van der Waals surface area contributed by atoms with Gasteiger partial charge in [0.2, 0.25) is 0 Å². The Labute approximate surface area is 101 Å². The second-order valence-electron chi connectivity index (χ2n) is 3.48. The molecular weight excluding hydrogens is 226 g/mol. The first kappa shape index (κ1) is 12.8. The molecule has 16 heavy (non-hydrogen) atoms. The average molecular weight is 242 g/mol. The SMILES string of the molecule is CCCNC(=O)C(C)Oc1ccccc1Cl. The van der Waals surface area contributed by atoms with Crippen LogP contribution in [0.2, 0.25) is 5.02 Å². The maximum atomic E-state index is 11.5. The van der Waals surface area contributed by atoms with Gasteiger partial charge in [-0.1, -0.05) is 30.7 Å². The highest BCUT2D eigenvalue weighted by atomic mass is 35.5. The van der Waals surface area contributed by atoms with Crippen LogP contribution < -0.4 is 10.1 Å². The molecular formula is C12H16ClNO2. The van der Waals surface area contributed by atoms with Crippen molar-refractivity contribution in [3.63, 3.8) is 0 Å². The fourth-order valence-corrected chi connectivity index (χ4v) is 1.36. The van der Waals surface area contributed by atoms with Gasteiger partial charge in [0, 0.05) is 6.54 Å². The minimum absolute atomic E-state index is 0.123. The highest BCUT2D eigenvalue weighted by molar-refractivity contribution is 6.32. The summed E-state index contributed by atoms with van der Waals surface area (Å²) in [7, 11) is 0. The van der Waals surface area contributed by atoms with Crippen molar-refractivity contribution in [3.8, 4) is 5.75 Å². The quantitative estimate of drug-likeness (QED) is 0.861. The normalized spacial score (nSPS) is 11.9. The van der Waals surface area contributed by atoms with Crippen LogP contribution in [0.4, 0.5) is 0 Å². The Bertz CT molecular complexity index is 355. The predicted octanol–water partition coefficient (Wildman–Crippen LogP) is 2.63. The van der Waals surface area contributed by atoms with E-state index in [2.05, 4.69) is 5.32 Å². The molecule has 88 valence electrons. The Morgan fingerprint density at radius 3 is 2.81 bits per heavy atom. The Hall–Kier alpha value is -1.22. The minimum atomic E-state index is -0.536. The Morgan fingerprint density at radius 2 is 2.19 bits per heavy atom. The number of ether oxygens (including phenoxy) is 1. The topological polar surface area (TPSA) is 38.3 Å². The zero-order valence-electron chi connectivity index (χ0n) is 9.50. The van der Waals surface area contributed by atoms with Crippen LogP contribution >= 0.6 is 11.6 Å². The molecule has 1 unspecified atom stereocenters. The molecule has 1 aromatic carbocycles. The molecule has 1 N–H and O–H groups in total. The molecule has 0 saturated heterocycles. The van der Waals surface area contributed by atoms with Crippen molar-refractivity contribution in [3.05, 3.63) is 29.3 Å². The molecule has 0 spiro atoms. The third kappa shape index (κ3) is 3.74. The van der Waals surface area contributed by atoms with Crippen LogP contribution in [0.25, 0.3) is 0 Å². The predicted molar refractivity (Wildman–Crippen MR) is 64.8 cm³/mol. The number of para-hydroxylation sites is 1. The lowest BCUT2D eigenvalue weighted by molar-refractivity contribution is -0.127. The summed E-state index contributed by atoms with van der Waals surface area (Å²) in [5.74, 6) is 0.407. The molecule has 0 radical (unpaired) electrons. The maximum absolute atomic E-state index is 11.5. The third-order valence-corrected chi connectivity index (χ3v) is 2.37. The van der Waals surface area contributed by atoms with Crippen LogP contribution in [-0.2, 0) is 4.79 Å². The fourth-order valence-electron chi connectivity index (χ4n) is 1.18. The summed E-state index contributed by atoms with van der Waals surface area (Å²) in [4.78, 5) is 11.5. The summed E-state index contributed by atoms with van der Waals surface area (Å²) in [6, 6.07) is 7.11. The number of halogens is 1. The Balaban J connectivity index is 2.54. The fraction of sp³-hybridized carbons (Fsp3) is 0.417. The molecule has 0 fully saturated rings. The summed E-state index contributed by atoms with van der Waals surface area (Å²) < 4.78 is 5.46. The molecule has 0 heterocycles. The van der Waals surface area contributed by atoms with Crippen LogP contribution in [0, 0.1) is 0 Å². The van der Waals surface area contributed by atoms with Gasteiger partial charge in [0.15, 0.2) is 6.10 Å². The van der Waals surface area contributed by atoms with Crippen molar-refractivity contribution < 1.29 is 9.53 Å². The van der Waals surface area contributed by atoms with E-state index in [1.807, 2.05) is 19.1 Å². The number of carbonyl (C=O) groups is 1. The van der Waals surface area contributed by atoms with Gasteiger partial charge in [-0.05, 0) is 25.5 Å². The van der Waals surface area contributed by atoms with Gasteiger partial charge in [-0.25, -0.2) is 0 Å². The molecule has 0 saturated carbocycles. The van der Waals surface area contributed by atoms with Gasteiger partial charge in [0.1, 0.15) is 5.75 Å². The number of carbonyl (C=O) groups excluding carboxylic acids is 1. The molecule has 0 bridgehead atoms. The van der Waals surface area contributed by atoms with E-state index >= 15 is 0 Å². The number of hydrogen-bond donors (Lipinski definition) is 1. The molecule has 3 nitrogen and oxygen atoms in total. The first-order chi connectivity index (χ1) is 7.65. The highest BCUT2D eigenvalue weighted by Gasteiger charge is 2.14. The summed E-state index contributed by atoms with van der Waals surface area (Å²) in [5.41, 5.74) is 0. The first-order valence-corrected chi connectivity index (χ1v) is 5.71. The molecule has 1 rings (SSSR count). The number of nitrogens with one attached hydrogen (secondary N) is 1. The Morgan fingerprint density at radius 1 is 1.50 bits per heavy atom. The zero-order chi connectivity index (χ0) is 12.0. The van der Waals surface area contributed by atoms with Crippen molar-refractivity contribution in [2.75, 3.05) is 6.54 Å². The van der Waals surface area contributed by atoms with Crippen LogP contribution in [-0.4, -0.2) is 18.6 Å². The van der Waals surface area contributed by atoms with E-state index < -0.39 is 6.10 Å². The van der Waals surface area contributed by atoms with Crippen LogP contribution in [0.5, 0.6) is 5.75 Å². The van der Waals surface area contributed by atoms with Crippen molar-refractivity contribution in [1.29, 1.82) is 0 Å². The van der Waals surface area contributed by atoms with Crippen molar-refractivity contribution in [1.82, 2.24) is 5.32 Å². The molecule has 0 aliphatic carbocycles. The van der Waals surface area contributed by atoms with E-state index in [1.54, 1.807) is 19.1 Å². The first-order valence-electron chi connectivity index (χ1n) is 5.34. The number of benzene rings is 1. The van der Waals surface area contributed by atoms with Gasteiger partial charge in [-0.2, -0.15) is 0 Å². The number of rotatable bonds is 5. The van der Waals surface area contributed by atoms with Gasteiger partial charge in [-0.15, -0.1) is 0 Å². The van der Waals surface area contributed by atoms with Crippen molar-refractivity contribution in [2.45, 2.75) is 26.4 Å². The van der Waals surface area contributed by atoms with E-state index in [4.69, 9.17) is 16.3 Å². The maximum Gasteiger partial charge on any atom is 0.260 e. The van der Waals surface area contributed by atoms with Gasteiger partial charge in [-0.3, -0.25) is 4.79 Å². The van der Waals surface area contributed by atoms with Crippen LogP contribution in [0.3, 0.4) is 0 Å². The van der Waals surface area contributed by atoms with Gasteiger partial charge in [0.25, 0.3) is 5.91 Å². The second-order valence-corrected chi connectivity index (χ2v) is 3.89. The number of hydrogen-bond acceptors (Lipinski definition) is 2. The summed E-state index contributed by atoms with van der Waals surface area (Å²) in [6.45, 7) is 4.36. The average Bonchev–Trinajstić information content (AvgIpc) is 2.28. The second kappa shape index (κ2) is 6.38. The highest BCUT2D eigenvalue weighted by Crippen LogP contribution is 2.24. The largest absolute Gasteiger partial charge is 0.479 e. The van der Waals surface area contributed by atoms with E-state index in [9.17, 15) is 4.79 Å².